The van der Waals surface area contributed by atoms with Crippen LogP contribution in [0, 0.1) is 0 Å². The van der Waals surface area contributed by atoms with Crippen molar-refractivity contribution < 1.29 is 14.6 Å². The number of rotatable bonds is 1. The molecule has 2 rings (SSSR count). The van der Waals surface area contributed by atoms with Crippen molar-refractivity contribution in [3.05, 3.63) is 23.8 Å². The Morgan fingerprint density at radius 2 is 2.36 bits per heavy atom. The fourth-order valence-corrected chi connectivity index (χ4v) is 1.43. The fourth-order valence-electron chi connectivity index (χ4n) is 1.43. The average molecular weight is 193 g/mol. The minimum absolute atomic E-state index is 0.0690. The lowest BCUT2D eigenvalue weighted by Crippen LogP contribution is -2.35. The van der Waals surface area contributed by atoms with Gasteiger partial charge >= 0.3 is 5.97 Å². The highest BCUT2D eigenvalue weighted by atomic mass is 16.5. The summed E-state index contributed by atoms with van der Waals surface area (Å²) in [6.07, 6.45) is 0. The van der Waals surface area contributed by atoms with Crippen molar-refractivity contribution in [3.63, 3.8) is 0 Å². The second-order valence-corrected chi connectivity index (χ2v) is 3.24. The third-order valence-electron chi connectivity index (χ3n) is 2.21. The average Bonchev–Trinajstić information content (AvgIpc) is 2.19. The van der Waals surface area contributed by atoms with Gasteiger partial charge < -0.3 is 15.2 Å². The van der Waals surface area contributed by atoms with Crippen LogP contribution in [0.5, 0.6) is 5.75 Å². The van der Waals surface area contributed by atoms with E-state index in [0.717, 1.165) is 5.56 Å². The molecular formula is C10H11NO3. The second kappa shape index (κ2) is 3.31. The Morgan fingerprint density at radius 3 is 3.07 bits per heavy atom. The maximum absolute atomic E-state index is 11.2. The molecular weight excluding hydrogens is 182 g/mol. The Kier molecular flexibility index (Phi) is 2.13. The van der Waals surface area contributed by atoms with Gasteiger partial charge in [-0.15, -0.1) is 0 Å². The van der Waals surface area contributed by atoms with Gasteiger partial charge in [0.25, 0.3) is 0 Å². The SMILES string of the molecule is CC1Nc2c(CO)cccc2OC1=O. The molecule has 1 aliphatic heterocycles. The van der Waals surface area contributed by atoms with Crippen molar-refractivity contribution in [2.45, 2.75) is 19.6 Å². The molecule has 4 nitrogen and oxygen atoms in total. The van der Waals surface area contributed by atoms with Crippen molar-refractivity contribution in [2.24, 2.45) is 0 Å². The van der Waals surface area contributed by atoms with Gasteiger partial charge in [-0.2, -0.15) is 0 Å². The largest absolute Gasteiger partial charge is 0.423 e. The fraction of sp³-hybridized carbons (Fsp3) is 0.300. The first-order valence-corrected chi connectivity index (χ1v) is 4.43. The molecule has 0 amide bonds. The predicted molar refractivity (Wildman–Crippen MR) is 51.1 cm³/mol. The molecule has 1 aromatic rings. The van der Waals surface area contributed by atoms with E-state index in [1.54, 1.807) is 25.1 Å². The quantitative estimate of drug-likeness (QED) is 0.514. The van der Waals surface area contributed by atoms with Gasteiger partial charge in [-0.25, -0.2) is 4.79 Å². The number of anilines is 1. The monoisotopic (exact) mass is 193 g/mol. The van der Waals surface area contributed by atoms with Gasteiger partial charge in [-0.3, -0.25) is 0 Å². The summed E-state index contributed by atoms with van der Waals surface area (Å²) in [4.78, 5) is 11.2. The van der Waals surface area contributed by atoms with E-state index >= 15 is 0 Å². The number of benzene rings is 1. The summed E-state index contributed by atoms with van der Waals surface area (Å²) in [6.45, 7) is 1.65. The minimum Gasteiger partial charge on any atom is -0.423 e. The van der Waals surface area contributed by atoms with Gasteiger partial charge in [0.15, 0.2) is 5.75 Å². The summed E-state index contributed by atoms with van der Waals surface area (Å²) in [6, 6.07) is 4.87. The summed E-state index contributed by atoms with van der Waals surface area (Å²) in [5.41, 5.74) is 1.45. The molecule has 4 heteroatoms. The van der Waals surface area contributed by atoms with E-state index in [9.17, 15) is 4.79 Å². The Hall–Kier alpha value is -1.55. The van der Waals surface area contributed by atoms with Crippen LogP contribution in [-0.4, -0.2) is 17.1 Å². The van der Waals surface area contributed by atoms with Gasteiger partial charge in [-0.05, 0) is 13.0 Å². The molecule has 1 aliphatic rings. The molecule has 1 atom stereocenters. The number of hydrogen-bond donors (Lipinski definition) is 2. The van der Waals surface area contributed by atoms with E-state index < -0.39 is 0 Å². The molecule has 0 saturated heterocycles. The molecule has 0 aliphatic carbocycles. The van der Waals surface area contributed by atoms with Gasteiger partial charge in [0, 0.05) is 5.56 Å². The summed E-state index contributed by atoms with van der Waals surface area (Å²) in [5.74, 6) is 0.187. The summed E-state index contributed by atoms with van der Waals surface area (Å²) >= 11 is 0. The first kappa shape index (κ1) is 9.02. The topological polar surface area (TPSA) is 58.6 Å². The normalized spacial score (nSPS) is 19.6. The summed E-state index contributed by atoms with van der Waals surface area (Å²) < 4.78 is 5.07. The first-order chi connectivity index (χ1) is 6.72. The zero-order valence-electron chi connectivity index (χ0n) is 7.78. The minimum atomic E-state index is -0.366. The number of para-hydroxylation sites is 1. The van der Waals surface area contributed by atoms with Crippen LogP contribution in [0.2, 0.25) is 0 Å². The van der Waals surface area contributed by atoms with Crippen LogP contribution in [0.15, 0.2) is 18.2 Å². The van der Waals surface area contributed by atoms with Crippen LogP contribution in [-0.2, 0) is 11.4 Å². The van der Waals surface area contributed by atoms with Gasteiger partial charge in [-0.1, -0.05) is 12.1 Å². The molecule has 0 bridgehead atoms. The predicted octanol–water partition coefficient (Wildman–Crippen LogP) is 0.898. The molecule has 14 heavy (non-hydrogen) atoms. The zero-order valence-corrected chi connectivity index (χ0v) is 7.78. The highest BCUT2D eigenvalue weighted by Crippen LogP contribution is 2.32. The Bertz CT molecular complexity index is 376. The van der Waals surface area contributed by atoms with Gasteiger partial charge in [0.1, 0.15) is 6.04 Å². The lowest BCUT2D eigenvalue weighted by atomic mass is 10.1. The van der Waals surface area contributed by atoms with E-state index in [1.165, 1.54) is 0 Å². The highest BCUT2D eigenvalue weighted by Gasteiger charge is 2.25. The number of esters is 1. The number of carbonyl (C=O) groups excluding carboxylic acids is 1. The van der Waals surface area contributed by atoms with E-state index in [2.05, 4.69) is 5.32 Å². The molecule has 0 fully saturated rings. The Labute approximate surface area is 81.5 Å². The van der Waals surface area contributed by atoms with E-state index in [1.807, 2.05) is 0 Å². The molecule has 0 saturated carbocycles. The summed E-state index contributed by atoms with van der Waals surface area (Å²) in [5, 5.41) is 12.1. The van der Waals surface area contributed by atoms with Crippen LogP contribution >= 0.6 is 0 Å². The number of fused-ring (bicyclic) bond motifs is 1. The highest BCUT2D eigenvalue weighted by molar-refractivity contribution is 5.87. The summed E-state index contributed by atoms with van der Waals surface area (Å²) in [7, 11) is 0. The number of aliphatic hydroxyl groups is 1. The Balaban J connectivity index is 2.46. The van der Waals surface area contributed by atoms with Crippen molar-refractivity contribution in [2.75, 3.05) is 5.32 Å². The lowest BCUT2D eigenvalue weighted by molar-refractivity contribution is -0.135. The molecule has 0 aromatic heterocycles. The van der Waals surface area contributed by atoms with Crippen LogP contribution < -0.4 is 10.1 Å². The lowest BCUT2D eigenvalue weighted by Gasteiger charge is -2.24. The number of ether oxygens (including phenoxy) is 1. The molecule has 74 valence electrons. The van der Waals surface area contributed by atoms with E-state index in [0.29, 0.717) is 11.4 Å². The standard InChI is InChI=1S/C10H11NO3/c1-6-10(13)14-8-4-2-3-7(5-12)9(8)11-6/h2-4,6,11-12H,5H2,1H3. The number of aliphatic hydroxyl groups excluding tert-OH is 1. The number of hydrogen-bond acceptors (Lipinski definition) is 4. The smallest absolute Gasteiger partial charge is 0.333 e. The van der Waals surface area contributed by atoms with Crippen molar-refractivity contribution in [3.8, 4) is 5.75 Å². The zero-order chi connectivity index (χ0) is 10.1. The molecule has 1 unspecified atom stereocenters. The molecule has 1 aromatic carbocycles. The van der Waals surface area contributed by atoms with E-state index in [-0.39, 0.29) is 18.6 Å². The third-order valence-corrected chi connectivity index (χ3v) is 2.21. The van der Waals surface area contributed by atoms with Crippen molar-refractivity contribution in [1.29, 1.82) is 0 Å². The van der Waals surface area contributed by atoms with E-state index in [4.69, 9.17) is 9.84 Å². The van der Waals surface area contributed by atoms with Crippen LogP contribution in [0.3, 0.4) is 0 Å². The first-order valence-electron chi connectivity index (χ1n) is 4.43. The number of carbonyl (C=O) groups is 1. The molecule has 2 N–H and O–H groups in total. The molecule has 0 spiro atoms. The second-order valence-electron chi connectivity index (χ2n) is 3.24. The van der Waals surface area contributed by atoms with Crippen molar-refractivity contribution in [1.82, 2.24) is 0 Å². The van der Waals surface area contributed by atoms with Gasteiger partial charge in [0.05, 0.1) is 12.3 Å². The van der Waals surface area contributed by atoms with Gasteiger partial charge in [0.2, 0.25) is 0 Å². The Morgan fingerprint density at radius 1 is 1.57 bits per heavy atom. The molecule has 1 heterocycles. The van der Waals surface area contributed by atoms with Crippen LogP contribution in [0.1, 0.15) is 12.5 Å². The maximum Gasteiger partial charge on any atom is 0.333 e. The van der Waals surface area contributed by atoms with Crippen LogP contribution in [0.25, 0.3) is 0 Å². The number of nitrogens with one attached hydrogen (secondary N) is 1. The molecule has 0 radical (unpaired) electrons. The maximum atomic E-state index is 11.2. The van der Waals surface area contributed by atoms with Crippen LogP contribution in [0.4, 0.5) is 5.69 Å². The van der Waals surface area contributed by atoms with Crippen molar-refractivity contribution >= 4 is 11.7 Å². The third kappa shape index (κ3) is 1.33.